The molecule has 2 aromatic rings. The minimum Gasteiger partial charge on any atom is -0.495 e. The quantitative estimate of drug-likeness (QED) is 0.686. The number of nitrogen functional groups attached to an aromatic ring is 1. The van der Waals surface area contributed by atoms with Crippen LogP contribution in [-0.2, 0) is 11.3 Å². The Balaban J connectivity index is 2.01. The Labute approximate surface area is 115 Å². The topological polar surface area (TPSA) is 74.4 Å². The van der Waals surface area contributed by atoms with Crippen LogP contribution >= 0.6 is 11.3 Å². The number of carbonyl (C=O) groups excluding carboxylic acids is 1. The van der Waals surface area contributed by atoms with Crippen LogP contribution in [0.25, 0.3) is 0 Å². The van der Waals surface area contributed by atoms with Gasteiger partial charge in [0.05, 0.1) is 18.4 Å². The first-order valence-corrected chi connectivity index (χ1v) is 6.49. The van der Waals surface area contributed by atoms with E-state index >= 15 is 0 Å². The van der Waals surface area contributed by atoms with Gasteiger partial charge in [-0.25, -0.2) is 9.78 Å². The first-order chi connectivity index (χ1) is 9.10. The minimum atomic E-state index is -0.429. The monoisotopic (exact) mass is 278 g/mol. The van der Waals surface area contributed by atoms with Gasteiger partial charge in [0.2, 0.25) is 0 Å². The van der Waals surface area contributed by atoms with Gasteiger partial charge in [0.1, 0.15) is 17.4 Å². The summed E-state index contributed by atoms with van der Waals surface area (Å²) in [7, 11) is 1.52. The van der Waals surface area contributed by atoms with Crippen molar-refractivity contribution in [3.8, 4) is 5.75 Å². The average Bonchev–Trinajstić information content (AvgIpc) is 2.81. The van der Waals surface area contributed by atoms with Crippen LogP contribution in [0.1, 0.15) is 21.1 Å². The molecule has 0 amide bonds. The highest BCUT2D eigenvalue weighted by atomic mass is 32.1. The zero-order chi connectivity index (χ0) is 13.8. The summed E-state index contributed by atoms with van der Waals surface area (Å²) in [6.07, 6.45) is 0. The second kappa shape index (κ2) is 5.71. The second-order valence-corrected chi connectivity index (χ2v) is 4.86. The Morgan fingerprint density at radius 2 is 2.26 bits per heavy atom. The van der Waals surface area contributed by atoms with E-state index in [0.29, 0.717) is 17.0 Å². The Kier molecular flexibility index (Phi) is 4.01. The van der Waals surface area contributed by atoms with Crippen LogP contribution in [0.2, 0.25) is 0 Å². The molecule has 1 aromatic carbocycles. The first-order valence-electron chi connectivity index (χ1n) is 5.62. The highest BCUT2D eigenvalue weighted by Gasteiger charge is 2.11. The summed E-state index contributed by atoms with van der Waals surface area (Å²) in [5, 5.41) is 2.68. The fraction of sp³-hybridized carbons (Fsp3) is 0.231. The van der Waals surface area contributed by atoms with Crippen molar-refractivity contribution in [1.82, 2.24) is 4.98 Å². The van der Waals surface area contributed by atoms with Crippen molar-refractivity contribution in [1.29, 1.82) is 0 Å². The summed E-state index contributed by atoms with van der Waals surface area (Å²) in [6.45, 7) is 2.06. The molecule has 0 spiro atoms. The molecule has 100 valence electrons. The number of nitrogens with zero attached hydrogens (tertiary/aromatic N) is 1. The lowest BCUT2D eigenvalue weighted by molar-refractivity contribution is 0.0472. The standard InChI is InChI=1S/C13H14N2O3S/c1-8-7-19-12(15-8)6-18-13(16)9-3-4-11(17-2)10(14)5-9/h3-5,7H,6,14H2,1-2H3. The molecule has 1 aromatic heterocycles. The van der Waals surface area contributed by atoms with E-state index in [0.717, 1.165) is 10.7 Å². The molecule has 0 saturated carbocycles. The molecule has 0 saturated heterocycles. The molecule has 2 rings (SSSR count). The number of rotatable bonds is 4. The minimum absolute atomic E-state index is 0.170. The highest BCUT2D eigenvalue weighted by molar-refractivity contribution is 7.09. The van der Waals surface area contributed by atoms with Gasteiger partial charge in [-0.15, -0.1) is 11.3 Å². The van der Waals surface area contributed by atoms with Crippen LogP contribution in [0.15, 0.2) is 23.6 Å². The molecule has 2 N–H and O–H groups in total. The zero-order valence-electron chi connectivity index (χ0n) is 10.7. The van der Waals surface area contributed by atoms with Gasteiger partial charge in [0.15, 0.2) is 0 Å². The van der Waals surface area contributed by atoms with E-state index in [1.807, 2.05) is 12.3 Å². The number of benzene rings is 1. The molecule has 0 aliphatic heterocycles. The number of aryl methyl sites for hydroxylation is 1. The molecular formula is C13H14N2O3S. The van der Waals surface area contributed by atoms with Gasteiger partial charge in [-0.05, 0) is 25.1 Å². The van der Waals surface area contributed by atoms with Crippen LogP contribution in [-0.4, -0.2) is 18.1 Å². The van der Waals surface area contributed by atoms with Gasteiger partial charge < -0.3 is 15.2 Å². The van der Waals surface area contributed by atoms with Crippen molar-refractivity contribution in [2.45, 2.75) is 13.5 Å². The molecule has 5 nitrogen and oxygen atoms in total. The summed E-state index contributed by atoms with van der Waals surface area (Å²) in [4.78, 5) is 16.1. The lowest BCUT2D eigenvalue weighted by atomic mass is 10.2. The van der Waals surface area contributed by atoms with Crippen molar-refractivity contribution in [3.63, 3.8) is 0 Å². The molecule has 0 fully saturated rings. The number of nitrogens with two attached hydrogens (primary N) is 1. The average molecular weight is 278 g/mol. The van der Waals surface area contributed by atoms with Crippen molar-refractivity contribution in [2.75, 3.05) is 12.8 Å². The molecule has 6 heteroatoms. The Morgan fingerprint density at radius 1 is 1.47 bits per heavy atom. The molecular weight excluding hydrogens is 264 g/mol. The Bertz CT molecular complexity index is 595. The third kappa shape index (κ3) is 3.23. The van der Waals surface area contributed by atoms with Crippen LogP contribution in [0.4, 0.5) is 5.69 Å². The number of esters is 1. The van der Waals surface area contributed by atoms with Gasteiger partial charge in [-0.2, -0.15) is 0 Å². The number of hydrogen-bond donors (Lipinski definition) is 1. The number of aromatic nitrogens is 1. The lowest BCUT2D eigenvalue weighted by Gasteiger charge is -2.07. The SMILES string of the molecule is COc1ccc(C(=O)OCc2nc(C)cs2)cc1N. The van der Waals surface area contributed by atoms with Crippen molar-refractivity contribution in [2.24, 2.45) is 0 Å². The number of hydrogen-bond acceptors (Lipinski definition) is 6. The number of carbonyl (C=O) groups is 1. The Morgan fingerprint density at radius 3 is 2.84 bits per heavy atom. The smallest absolute Gasteiger partial charge is 0.338 e. The molecule has 0 aliphatic rings. The van der Waals surface area contributed by atoms with Crippen LogP contribution in [0.5, 0.6) is 5.75 Å². The molecule has 0 radical (unpaired) electrons. The highest BCUT2D eigenvalue weighted by Crippen LogP contribution is 2.22. The maximum Gasteiger partial charge on any atom is 0.338 e. The molecule has 0 bridgehead atoms. The third-order valence-corrected chi connectivity index (χ3v) is 3.40. The first kappa shape index (κ1) is 13.4. The van der Waals surface area contributed by atoms with E-state index in [2.05, 4.69) is 4.98 Å². The van der Waals surface area contributed by atoms with Crippen LogP contribution in [0, 0.1) is 6.92 Å². The van der Waals surface area contributed by atoms with Gasteiger partial charge >= 0.3 is 5.97 Å². The van der Waals surface area contributed by atoms with E-state index in [-0.39, 0.29) is 6.61 Å². The van der Waals surface area contributed by atoms with Crippen molar-refractivity contribution < 1.29 is 14.3 Å². The Hall–Kier alpha value is -2.08. The van der Waals surface area contributed by atoms with Crippen LogP contribution in [0.3, 0.4) is 0 Å². The summed E-state index contributed by atoms with van der Waals surface area (Å²) in [6, 6.07) is 4.79. The predicted octanol–water partition coefficient (Wildman–Crippen LogP) is 2.40. The number of thiazole rings is 1. The molecule has 19 heavy (non-hydrogen) atoms. The molecule has 0 aliphatic carbocycles. The molecule has 0 unspecified atom stereocenters. The fourth-order valence-electron chi connectivity index (χ4n) is 1.54. The van der Waals surface area contributed by atoms with E-state index in [1.54, 1.807) is 12.1 Å². The van der Waals surface area contributed by atoms with E-state index in [1.165, 1.54) is 24.5 Å². The summed E-state index contributed by atoms with van der Waals surface area (Å²) in [5.74, 6) is 0.106. The van der Waals surface area contributed by atoms with E-state index in [9.17, 15) is 4.79 Å². The largest absolute Gasteiger partial charge is 0.495 e. The van der Waals surface area contributed by atoms with Gasteiger partial charge in [-0.1, -0.05) is 0 Å². The van der Waals surface area contributed by atoms with Crippen LogP contribution < -0.4 is 10.5 Å². The van der Waals surface area contributed by atoms with Crippen molar-refractivity contribution >= 4 is 23.0 Å². The molecule has 1 heterocycles. The fourth-order valence-corrected chi connectivity index (χ4v) is 2.22. The van der Waals surface area contributed by atoms with Gasteiger partial charge in [0, 0.05) is 11.1 Å². The summed E-state index contributed by atoms with van der Waals surface area (Å²) in [5.41, 5.74) is 7.46. The third-order valence-electron chi connectivity index (χ3n) is 2.46. The maximum absolute atomic E-state index is 11.8. The molecule has 0 atom stereocenters. The number of ether oxygens (including phenoxy) is 2. The summed E-state index contributed by atoms with van der Waals surface area (Å²) < 4.78 is 10.2. The number of methoxy groups -OCH3 is 1. The zero-order valence-corrected chi connectivity index (χ0v) is 11.5. The number of anilines is 1. The van der Waals surface area contributed by atoms with Crippen molar-refractivity contribution in [3.05, 3.63) is 39.8 Å². The van der Waals surface area contributed by atoms with E-state index in [4.69, 9.17) is 15.2 Å². The van der Waals surface area contributed by atoms with Gasteiger partial charge in [-0.3, -0.25) is 0 Å². The van der Waals surface area contributed by atoms with E-state index < -0.39 is 5.97 Å². The van der Waals surface area contributed by atoms with Gasteiger partial charge in [0.25, 0.3) is 0 Å². The normalized spacial score (nSPS) is 10.2. The second-order valence-electron chi connectivity index (χ2n) is 3.92. The lowest BCUT2D eigenvalue weighted by Crippen LogP contribution is -2.06. The maximum atomic E-state index is 11.8. The predicted molar refractivity (Wildman–Crippen MR) is 73.4 cm³/mol. The summed E-state index contributed by atoms with van der Waals surface area (Å²) >= 11 is 1.46.